The van der Waals surface area contributed by atoms with Crippen LogP contribution in [0.4, 0.5) is 0 Å². The van der Waals surface area contributed by atoms with Crippen molar-refractivity contribution in [2.24, 2.45) is 0 Å². The number of aryl methyl sites for hydroxylation is 2. The Morgan fingerprint density at radius 2 is 1.86 bits per heavy atom. The summed E-state index contributed by atoms with van der Waals surface area (Å²) in [6.07, 6.45) is 1.74. The zero-order valence-corrected chi connectivity index (χ0v) is 16.3. The van der Waals surface area contributed by atoms with Gasteiger partial charge in [-0.25, -0.2) is 0 Å². The van der Waals surface area contributed by atoms with Crippen molar-refractivity contribution >= 4 is 5.91 Å². The van der Waals surface area contributed by atoms with E-state index in [9.17, 15) is 4.79 Å². The Hall–Kier alpha value is -3.15. The van der Waals surface area contributed by atoms with E-state index in [0.717, 1.165) is 35.3 Å². The zero-order chi connectivity index (χ0) is 19.7. The number of carbonyl (C=O) groups is 1. The first-order chi connectivity index (χ1) is 13.5. The first kappa shape index (κ1) is 18.2. The van der Waals surface area contributed by atoms with Gasteiger partial charge in [0.15, 0.2) is 0 Å². The number of nitrogens with zero attached hydrogens (tertiary/aromatic N) is 3. The summed E-state index contributed by atoms with van der Waals surface area (Å²) in [4.78, 5) is 19.5. The molecule has 144 valence electrons. The highest BCUT2D eigenvalue weighted by Gasteiger charge is 2.34. The third-order valence-corrected chi connectivity index (χ3v) is 5.06. The number of methoxy groups -OCH3 is 1. The van der Waals surface area contributed by atoms with Crippen LogP contribution in [-0.2, 0) is 0 Å². The summed E-state index contributed by atoms with van der Waals surface area (Å²) >= 11 is 0. The van der Waals surface area contributed by atoms with Gasteiger partial charge in [-0.3, -0.25) is 4.79 Å². The highest BCUT2D eigenvalue weighted by molar-refractivity contribution is 5.95. The van der Waals surface area contributed by atoms with Crippen LogP contribution in [0.3, 0.4) is 0 Å². The molecular weight excluding hydrogens is 354 g/mol. The second kappa shape index (κ2) is 7.46. The summed E-state index contributed by atoms with van der Waals surface area (Å²) in [6.45, 7) is 4.70. The maximum absolute atomic E-state index is 13.1. The normalized spacial score (nSPS) is 16.4. The summed E-state index contributed by atoms with van der Waals surface area (Å²) in [5.74, 6) is 1.79. The molecule has 28 heavy (non-hydrogen) atoms. The first-order valence-corrected chi connectivity index (χ1v) is 9.42. The number of hydrogen-bond donors (Lipinski definition) is 0. The van der Waals surface area contributed by atoms with E-state index < -0.39 is 0 Å². The SMILES string of the molecule is COc1ccc(-c2noc(C3CCCN3C(=O)c3cc(C)cc(C)c3)n2)cc1. The third-order valence-electron chi connectivity index (χ3n) is 5.06. The predicted molar refractivity (Wildman–Crippen MR) is 105 cm³/mol. The first-order valence-electron chi connectivity index (χ1n) is 9.42. The molecule has 0 saturated carbocycles. The Balaban J connectivity index is 1.58. The van der Waals surface area contributed by atoms with Gasteiger partial charge in [0.25, 0.3) is 5.91 Å². The number of likely N-dealkylation sites (tertiary alicyclic amines) is 1. The van der Waals surface area contributed by atoms with Crippen molar-refractivity contribution in [3.05, 3.63) is 65.0 Å². The van der Waals surface area contributed by atoms with Gasteiger partial charge in [0.2, 0.25) is 11.7 Å². The number of carbonyl (C=O) groups excluding carboxylic acids is 1. The largest absolute Gasteiger partial charge is 0.497 e. The van der Waals surface area contributed by atoms with Crippen LogP contribution in [0.15, 0.2) is 47.0 Å². The van der Waals surface area contributed by atoms with Crippen LogP contribution in [0.5, 0.6) is 5.75 Å². The van der Waals surface area contributed by atoms with E-state index >= 15 is 0 Å². The van der Waals surface area contributed by atoms with E-state index in [4.69, 9.17) is 9.26 Å². The average molecular weight is 377 g/mol. The molecule has 1 fully saturated rings. The molecule has 0 radical (unpaired) electrons. The molecule has 4 rings (SSSR count). The van der Waals surface area contributed by atoms with Gasteiger partial charge in [-0.15, -0.1) is 0 Å². The Labute approximate surface area is 164 Å². The monoisotopic (exact) mass is 377 g/mol. The topological polar surface area (TPSA) is 68.5 Å². The Morgan fingerprint density at radius 1 is 1.14 bits per heavy atom. The molecule has 1 aromatic heterocycles. The molecule has 1 unspecified atom stereocenters. The molecule has 1 aliphatic rings. The fourth-order valence-electron chi connectivity index (χ4n) is 3.76. The minimum absolute atomic E-state index is 0.0125. The molecule has 0 spiro atoms. The van der Waals surface area contributed by atoms with Gasteiger partial charge in [-0.1, -0.05) is 22.3 Å². The third kappa shape index (κ3) is 3.50. The molecule has 1 saturated heterocycles. The lowest BCUT2D eigenvalue weighted by molar-refractivity contribution is 0.0710. The number of aromatic nitrogens is 2. The fourth-order valence-corrected chi connectivity index (χ4v) is 3.76. The lowest BCUT2D eigenvalue weighted by Crippen LogP contribution is -2.30. The van der Waals surface area contributed by atoms with Crippen LogP contribution in [0.1, 0.15) is 46.3 Å². The quantitative estimate of drug-likeness (QED) is 0.676. The fraction of sp³-hybridized carbons (Fsp3) is 0.318. The van der Waals surface area contributed by atoms with Crippen molar-refractivity contribution in [1.82, 2.24) is 15.0 Å². The van der Waals surface area contributed by atoms with Gasteiger partial charge in [-0.05, 0) is 63.1 Å². The second-order valence-electron chi connectivity index (χ2n) is 7.22. The molecule has 0 bridgehead atoms. The molecule has 0 aliphatic carbocycles. The molecule has 1 aliphatic heterocycles. The Bertz CT molecular complexity index is 974. The molecule has 0 N–H and O–H groups in total. The summed E-state index contributed by atoms with van der Waals surface area (Å²) in [5, 5.41) is 4.12. The van der Waals surface area contributed by atoms with Crippen molar-refractivity contribution in [3.63, 3.8) is 0 Å². The van der Waals surface area contributed by atoms with E-state index in [-0.39, 0.29) is 11.9 Å². The summed E-state index contributed by atoms with van der Waals surface area (Å²) < 4.78 is 10.7. The number of amides is 1. The zero-order valence-electron chi connectivity index (χ0n) is 16.3. The molecule has 2 heterocycles. The number of ether oxygens (including phenoxy) is 1. The van der Waals surface area contributed by atoms with Crippen LogP contribution in [0.2, 0.25) is 0 Å². The van der Waals surface area contributed by atoms with E-state index in [1.54, 1.807) is 7.11 Å². The Morgan fingerprint density at radius 3 is 2.54 bits per heavy atom. The molecule has 3 aromatic rings. The van der Waals surface area contributed by atoms with Gasteiger partial charge < -0.3 is 14.2 Å². The lowest BCUT2D eigenvalue weighted by Gasteiger charge is -2.22. The van der Waals surface area contributed by atoms with Crippen molar-refractivity contribution < 1.29 is 14.1 Å². The van der Waals surface area contributed by atoms with Gasteiger partial charge >= 0.3 is 0 Å². The van der Waals surface area contributed by atoms with E-state index in [1.165, 1.54) is 0 Å². The molecule has 6 nitrogen and oxygen atoms in total. The summed E-state index contributed by atoms with van der Waals surface area (Å²) in [7, 11) is 1.63. The van der Waals surface area contributed by atoms with Gasteiger partial charge in [-0.2, -0.15) is 4.98 Å². The van der Waals surface area contributed by atoms with Crippen molar-refractivity contribution in [3.8, 4) is 17.1 Å². The van der Waals surface area contributed by atoms with Crippen molar-refractivity contribution in [2.75, 3.05) is 13.7 Å². The van der Waals surface area contributed by atoms with Gasteiger partial charge in [0, 0.05) is 17.7 Å². The minimum Gasteiger partial charge on any atom is -0.497 e. The molecule has 1 amide bonds. The summed E-state index contributed by atoms with van der Waals surface area (Å²) in [5.41, 5.74) is 3.72. The van der Waals surface area contributed by atoms with E-state index in [2.05, 4.69) is 16.2 Å². The highest BCUT2D eigenvalue weighted by atomic mass is 16.5. The van der Waals surface area contributed by atoms with Crippen LogP contribution < -0.4 is 4.74 Å². The van der Waals surface area contributed by atoms with E-state index in [1.807, 2.05) is 55.1 Å². The molecule has 1 atom stereocenters. The number of hydrogen-bond acceptors (Lipinski definition) is 5. The Kier molecular flexibility index (Phi) is 4.86. The van der Waals surface area contributed by atoms with Crippen molar-refractivity contribution in [1.29, 1.82) is 0 Å². The van der Waals surface area contributed by atoms with Crippen LogP contribution in [0.25, 0.3) is 11.4 Å². The van der Waals surface area contributed by atoms with Crippen LogP contribution >= 0.6 is 0 Å². The molecular formula is C22H23N3O3. The maximum Gasteiger partial charge on any atom is 0.254 e. The van der Waals surface area contributed by atoms with Gasteiger partial charge in [0.05, 0.1) is 7.11 Å². The number of rotatable bonds is 4. The van der Waals surface area contributed by atoms with Crippen LogP contribution in [-0.4, -0.2) is 34.6 Å². The predicted octanol–water partition coefficient (Wildman–Crippen LogP) is 4.34. The molecule has 6 heteroatoms. The van der Waals surface area contributed by atoms with Crippen LogP contribution in [0, 0.1) is 13.8 Å². The molecule has 2 aromatic carbocycles. The van der Waals surface area contributed by atoms with E-state index in [0.29, 0.717) is 23.8 Å². The van der Waals surface area contributed by atoms with Gasteiger partial charge in [0.1, 0.15) is 11.8 Å². The highest BCUT2D eigenvalue weighted by Crippen LogP contribution is 2.33. The minimum atomic E-state index is -0.187. The van der Waals surface area contributed by atoms with Crippen molar-refractivity contribution in [2.45, 2.75) is 32.7 Å². The maximum atomic E-state index is 13.1. The average Bonchev–Trinajstić information content (AvgIpc) is 3.36. The second-order valence-corrected chi connectivity index (χ2v) is 7.22. The lowest BCUT2D eigenvalue weighted by atomic mass is 10.1. The number of benzene rings is 2. The smallest absolute Gasteiger partial charge is 0.254 e. The standard InChI is InChI=1S/C22H23N3O3/c1-14-11-15(2)13-17(12-14)22(26)25-10-4-5-19(25)21-23-20(24-28-21)16-6-8-18(27-3)9-7-16/h6-9,11-13,19H,4-5,10H2,1-3H3. The summed E-state index contributed by atoms with van der Waals surface area (Å²) in [6, 6.07) is 13.2.